The van der Waals surface area contributed by atoms with Gasteiger partial charge in [-0.3, -0.25) is 4.79 Å². The highest BCUT2D eigenvalue weighted by Gasteiger charge is 2.11. The van der Waals surface area contributed by atoms with Crippen LogP contribution >= 0.6 is 0 Å². The van der Waals surface area contributed by atoms with E-state index in [0.29, 0.717) is 11.5 Å². The summed E-state index contributed by atoms with van der Waals surface area (Å²) in [5.41, 5.74) is 2.25. The summed E-state index contributed by atoms with van der Waals surface area (Å²) >= 11 is 0. The van der Waals surface area contributed by atoms with Gasteiger partial charge >= 0.3 is 0 Å². The Balaban J connectivity index is 1.46. The molecule has 3 heterocycles. The van der Waals surface area contributed by atoms with Crippen molar-refractivity contribution in [2.45, 2.75) is 6.42 Å². The van der Waals surface area contributed by atoms with Crippen LogP contribution in [0.4, 0.5) is 5.69 Å². The standard InChI is InChI=1S/C16H13N9O/c26-15(8-12-3-5-13(6-4-12)24-11-19-22-23-24)21-14-2-1-7-18-16(14)25-10-17-9-20-25/h1-7,9-11H,8H2,(H,21,26). The number of anilines is 1. The lowest BCUT2D eigenvalue weighted by Gasteiger charge is -2.10. The van der Waals surface area contributed by atoms with Crippen molar-refractivity contribution in [3.05, 3.63) is 67.1 Å². The van der Waals surface area contributed by atoms with Crippen molar-refractivity contribution in [3.8, 4) is 11.5 Å². The molecular formula is C16H13N9O. The molecule has 10 nitrogen and oxygen atoms in total. The molecule has 3 aromatic heterocycles. The van der Waals surface area contributed by atoms with Crippen molar-refractivity contribution >= 4 is 11.6 Å². The molecule has 0 aliphatic carbocycles. The number of amides is 1. The Kier molecular flexibility index (Phi) is 4.13. The second-order valence-corrected chi connectivity index (χ2v) is 5.36. The molecule has 0 aliphatic rings. The number of nitrogens with zero attached hydrogens (tertiary/aromatic N) is 8. The van der Waals surface area contributed by atoms with Gasteiger partial charge in [0.15, 0.2) is 5.82 Å². The van der Waals surface area contributed by atoms with Crippen LogP contribution in [-0.4, -0.2) is 45.9 Å². The molecule has 128 valence electrons. The quantitative estimate of drug-likeness (QED) is 0.568. The number of carbonyl (C=O) groups is 1. The van der Waals surface area contributed by atoms with Gasteiger partial charge in [-0.15, -0.1) is 5.10 Å². The van der Waals surface area contributed by atoms with Crippen LogP contribution < -0.4 is 5.32 Å². The Morgan fingerprint density at radius 3 is 2.69 bits per heavy atom. The first-order valence-electron chi connectivity index (χ1n) is 7.72. The zero-order valence-electron chi connectivity index (χ0n) is 13.5. The Morgan fingerprint density at radius 1 is 1.08 bits per heavy atom. The summed E-state index contributed by atoms with van der Waals surface area (Å²) < 4.78 is 3.04. The number of pyridine rings is 1. The minimum absolute atomic E-state index is 0.158. The van der Waals surface area contributed by atoms with Crippen LogP contribution in [0.5, 0.6) is 0 Å². The van der Waals surface area contributed by atoms with Crippen molar-refractivity contribution in [2.75, 3.05) is 5.32 Å². The molecule has 0 unspecified atom stereocenters. The molecule has 4 rings (SSSR count). The minimum atomic E-state index is -0.158. The predicted octanol–water partition coefficient (Wildman–Crippen LogP) is 0.819. The van der Waals surface area contributed by atoms with Gasteiger partial charge in [-0.25, -0.2) is 19.3 Å². The van der Waals surface area contributed by atoms with Crippen LogP contribution in [0.2, 0.25) is 0 Å². The summed E-state index contributed by atoms with van der Waals surface area (Å²) in [6, 6.07) is 10.9. The van der Waals surface area contributed by atoms with Crippen molar-refractivity contribution in [3.63, 3.8) is 0 Å². The summed E-state index contributed by atoms with van der Waals surface area (Å²) in [5.74, 6) is 0.349. The highest BCUT2D eigenvalue weighted by atomic mass is 16.1. The highest BCUT2D eigenvalue weighted by molar-refractivity contribution is 5.93. The van der Waals surface area contributed by atoms with Gasteiger partial charge in [-0.2, -0.15) is 5.10 Å². The molecule has 10 heteroatoms. The molecular weight excluding hydrogens is 334 g/mol. The average molecular weight is 347 g/mol. The SMILES string of the molecule is O=C(Cc1ccc(-n2cnnn2)cc1)Nc1cccnc1-n1cncn1. The normalized spacial score (nSPS) is 10.6. The van der Waals surface area contributed by atoms with Crippen LogP contribution in [0.3, 0.4) is 0 Å². The van der Waals surface area contributed by atoms with Crippen molar-refractivity contribution < 1.29 is 4.79 Å². The molecule has 1 aromatic carbocycles. The number of hydrogen-bond acceptors (Lipinski definition) is 7. The van der Waals surface area contributed by atoms with Gasteiger partial charge in [0.1, 0.15) is 19.0 Å². The number of hydrogen-bond donors (Lipinski definition) is 1. The lowest BCUT2D eigenvalue weighted by Crippen LogP contribution is -2.16. The van der Waals surface area contributed by atoms with Crippen molar-refractivity contribution in [1.29, 1.82) is 0 Å². The largest absolute Gasteiger partial charge is 0.323 e. The Hall–Kier alpha value is -3.95. The third-order valence-electron chi connectivity index (χ3n) is 3.61. The van der Waals surface area contributed by atoms with E-state index in [2.05, 4.69) is 35.9 Å². The molecule has 26 heavy (non-hydrogen) atoms. The first-order valence-corrected chi connectivity index (χ1v) is 7.72. The molecule has 0 radical (unpaired) electrons. The number of tetrazole rings is 1. The third-order valence-corrected chi connectivity index (χ3v) is 3.61. The van der Waals surface area contributed by atoms with Crippen molar-refractivity contribution in [1.82, 2.24) is 40.0 Å². The third kappa shape index (κ3) is 3.29. The zero-order valence-corrected chi connectivity index (χ0v) is 13.5. The topological polar surface area (TPSA) is 116 Å². The van der Waals surface area contributed by atoms with Crippen LogP contribution in [0.25, 0.3) is 11.5 Å². The van der Waals surface area contributed by atoms with E-state index in [9.17, 15) is 4.79 Å². The summed E-state index contributed by atoms with van der Waals surface area (Å²) in [7, 11) is 0. The van der Waals surface area contributed by atoms with Crippen LogP contribution in [0, 0.1) is 0 Å². The maximum atomic E-state index is 12.4. The maximum Gasteiger partial charge on any atom is 0.228 e. The van der Waals surface area contributed by atoms with Crippen LogP contribution in [-0.2, 0) is 11.2 Å². The van der Waals surface area contributed by atoms with E-state index in [1.807, 2.05) is 24.3 Å². The van der Waals surface area contributed by atoms with E-state index in [-0.39, 0.29) is 12.3 Å². The van der Waals surface area contributed by atoms with Gasteiger partial charge in [0.2, 0.25) is 5.91 Å². The Bertz CT molecular complexity index is 995. The van der Waals surface area contributed by atoms with Gasteiger partial charge in [0.05, 0.1) is 17.8 Å². The molecule has 0 spiro atoms. The second-order valence-electron chi connectivity index (χ2n) is 5.36. The fourth-order valence-electron chi connectivity index (χ4n) is 2.42. The van der Waals surface area contributed by atoms with Gasteiger partial charge in [0.25, 0.3) is 0 Å². The molecule has 0 atom stereocenters. The first kappa shape index (κ1) is 15.6. The number of aromatic nitrogens is 8. The number of rotatable bonds is 5. The highest BCUT2D eigenvalue weighted by Crippen LogP contribution is 2.16. The van der Waals surface area contributed by atoms with E-state index in [1.54, 1.807) is 23.0 Å². The average Bonchev–Trinajstić information content (AvgIpc) is 3.37. The van der Waals surface area contributed by atoms with Gasteiger partial charge in [-0.1, -0.05) is 12.1 Å². The molecule has 0 fully saturated rings. The summed E-state index contributed by atoms with van der Waals surface area (Å²) in [6.45, 7) is 0. The summed E-state index contributed by atoms with van der Waals surface area (Å²) in [5, 5.41) is 17.9. The smallest absolute Gasteiger partial charge is 0.228 e. The molecule has 4 aromatic rings. The fraction of sp³-hybridized carbons (Fsp3) is 0.0625. The fourth-order valence-corrected chi connectivity index (χ4v) is 2.42. The van der Waals surface area contributed by atoms with E-state index in [0.717, 1.165) is 11.3 Å². The van der Waals surface area contributed by atoms with E-state index in [4.69, 9.17) is 0 Å². The lowest BCUT2D eigenvalue weighted by atomic mass is 10.1. The van der Waals surface area contributed by atoms with Crippen molar-refractivity contribution in [2.24, 2.45) is 0 Å². The van der Waals surface area contributed by atoms with E-state index < -0.39 is 0 Å². The summed E-state index contributed by atoms with van der Waals surface area (Å²) in [4.78, 5) is 20.5. The van der Waals surface area contributed by atoms with Crippen LogP contribution in [0.15, 0.2) is 61.6 Å². The van der Waals surface area contributed by atoms with Gasteiger partial charge in [0, 0.05) is 6.20 Å². The lowest BCUT2D eigenvalue weighted by molar-refractivity contribution is -0.115. The molecule has 0 bridgehead atoms. The maximum absolute atomic E-state index is 12.4. The molecule has 1 N–H and O–H groups in total. The minimum Gasteiger partial charge on any atom is -0.323 e. The van der Waals surface area contributed by atoms with Crippen LogP contribution in [0.1, 0.15) is 5.56 Å². The number of benzene rings is 1. The zero-order chi connectivity index (χ0) is 17.8. The van der Waals surface area contributed by atoms with E-state index >= 15 is 0 Å². The molecule has 0 aliphatic heterocycles. The molecule has 1 amide bonds. The number of nitrogens with one attached hydrogen (secondary N) is 1. The van der Waals surface area contributed by atoms with E-state index in [1.165, 1.54) is 23.7 Å². The van der Waals surface area contributed by atoms with Gasteiger partial charge < -0.3 is 5.32 Å². The molecule has 0 saturated carbocycles. The van der Waals surface area contributed by atoms with Gasteiger partial charge in [-0.05, 0) is 40.3 Å². The summed E-state index contributed by atoms with van der Waals surface area (Å²) in [6.07, 6.45) is 6.30. The second kappa shape index (κ2) is 6.89. The number of carbonyl (C=O) groups excluding carboxylic acids is 1. The first-order chi connectivity index (χ1) is 12.8. The Labute approximate surface area is 147 Å². The Morgan fingerprint density at radius 2 is 1.96 bits per heavy atom. The molecule has 0 saturated heterocycles. The predicted molar refractivity (Wildman–Crippen MR) is 90.6 cm³/mol. The monoisotopic (exact) mass is 347 g/mol.